The highest BCUT2D eigenvalue weighted by molar-refractivity contribution is 7.99. The standard InChI is InChI=1S/C20H41NOS/c1-2-3-4-5-6-7-8-9-10-14-17-23-19-20(22)18-21-15-12-11-13-16-21/h20,22H,2-19H2,1H3. The summed E-state index contributed by atoms with van der Waals surface area (Å²) in [5.41, 5.74) is 0. The molecule has 138 valence electrons. The van der Waals surface area contributed by atoms with E-state index in [1.54, 1.807) is 0 Å². The van der Waals surface area contributed by atoms with E-state index in [0.717, 1.165) is 12.3 Å². The maximum absolute atomic E-state index is 10.1. The molecule has 1 unspecified atom stereocenters. The minimum absolute atomic E-state index is 0.124. The normalized spacial score (nSPS) is 17.5. The summed E-state index contributed by atoms with van der Waals surface area (Å²) < 4.78 is 0. The van der Waals surface area contributed by atoms with Crippen LogP contribution in [-0.4, -0.2) is 47.3 Å². The van der Waals surface area contributed by atoms with Crippen LogP contribution in [0.2, 0.25) is 0 Å². The van der Waals surface area contributed by atoms with Gasteiger partial charge < -0.3 is 10.0 Å². The number of unbranched alkanes of at least 4 members (excludes halogenated alkanes) is 9. The number of rotatable bonds is 15. The zero-order chi connectivity index (χ0) is 16.6. The third-order valence-corrected chi connectivity index (χ3v) is 6.07. The Morgan fingerprint density at radius 2 is 1.39 bits per heavy atom. The van der Waals surface area contributed by atoms with Gasteiger partial charge in [0.1, 0.15) is 0 Å². The molecule has 1 rings (SSSR count). The van der Waals surface area contributed by atoms with E-state index in [2.05, 4.69) is 11.8 Å². The number of likely N-dealkylation sites (tertiary alicyclic amines) is 1. The average Bonchev–Trinajstić information content (AvgIpc) is 2.57. The van der Waals surface area contributed by atoms with Crippen molar-refractivity contribution in [2.24, 2.45) is 0 Å². The highest BCUT2D eigenvalue weighted by atomic mass is 32.2. The lowest BCUT2D eigenvalue weighted by Crippen LogP contribution is -2.37. The Balaban J connectivity index is 1.77. The van der Waals surface area contributed by atoms with Crippen LogP contribution in [0.25, 0.3) is 0 Å². The van der Waals surface area contributed by atoms with Gasteiger partial charge in [0.25, 0.3) is 0 Å². The molecule has 0 aromatic rings. The van der Waals surface area contributed by atoms with Crippen molar-refractivity contribution in [2.45, 2.75) is 96.5 Å². The van der Waals surface area contributed by atoms with Gasteiger partial charge in [0.05, 0.1) is 6.10 Å². The summed E-state index contributed by atoms with van der Waals surface area (Å²) in [5, 5.41) is 10.1. The highest BCUT2D eigenvalue weighted by Gasteiger charge is 2.14. The molecule has 0 saturated carbocycles. The number of nitrogens with zero attached hydrogens (tertiary/aromatic N) is 1. The number of hydrogen-bond donors (Lipinski definition) is 1. The lowest BCUT2D eigenvalue weighted by molar-refractivity contribution is 0.117. The molecule has 1 fully saturated rings. The molecule has 2 nitrogen and oxygen atoms in total. The van der Waals surface area contributed by atoms with Crippen LogP contribution in [0.1, 0.15) is 90.4 Å². The molecule has 1 heterocycles. The first-order chi connectivity index (χ1) is 11.3. The smallest absolute Gasteiger partial charge is 0.0757 e. The summed E-state index contributed by atoms with van der Waals surface area (Å²) in [5.74, 6) is 2.15. The Labute approximate surface area is 149 Å². The second-order valence-electron chi connectivity index (χ2n) is 7.27. The predicted molar refractivity (Wildman–Crippen MR) is 105 cm³/mol. The summed E-state index contributed by atoms with van der Waals surface area (Å²) >= 11 is 1.95. The molecule has 1 aliphatic rings. The van der Waals surface area contributed by atoms with Crippen molar-refractivity contribution in [3.63, 3.8) is 0 Å². The molecule has 0 amide bonds. The quantitative estimate of drug-likeness (QED) is 0.398. The van der Waals surface area contributed by atoms with Gasteiger partial charge in [0.2, 0.25) is 0 Å². The molecule has 0 bridgehead atoms. The first-order valence-corrected chi connectivity index (χ1v) is 11.5. The minimum atomic E-state index is -0.124. The van der Waals surface area contributed by atoms with Gasteiger partial charge in [0, 0.05) is 12.3 Å². The predicted octanol–water partition coefficient (Wildman–Crippen LogP) is 5.49. The lowest BCUT2D eigenvalue weighted by atomic mass is 10.1. The van der Waals surface area contributed by atoms with Crippen molar-refractivity contribution in [2.75, 3.05) is 31.1 Å². The highest BCUT2D eigenvalue weighted by Crippen LogP contribution is 2.14. The summed E-state index contributed by atoms with van der Waals surface area (Å²) in [6, 6.07) is 0. The Hall–Kier alpha value is 0.270. The Kier molecular flexibility index (Phi) is 14.6. The molecule has 0 aliphatic carbocycles. The second-order valence-corrected chi connectivity index (χ2v) is 8.42. The van der Waals surface area contributed by atoms with Crippen LogP contribution in [0.5, 0.6) is 0 Å². The number of β-amino-alcohol motifs (C(OH)–C–C–N with tert-alkyl or cyclic N) is 1. The maximum Gasteiger partial charge on any atom is 0.0757 e. The van der Waals surface area contributed by atoms with E-state index in [0.29, 0.717) is 0 Å². The van der Waals surface area contributed by atoms with Gasteiger partial charge in [-0.3, -0.25) is 0 Å². The van der Waals surface area contributed by atoms with E-state index in [1.807, 2.05) is 11.8 Å². The van der Waals surface area contributed by atoms with Crippen LogP contribution in [-0.2, 0) is 0 Å². The van der Waals surface area contributed by atoms with E-state index in [1.165, 1.54) is 102 Å². The van der Waals surface area contributed by atoms with Crippen molar-refractivity contribution < 1.29 is 5.11 Å². The van der Waals surface area contributed by atoms with Crippen LogP contribution < -0.4 is 0 Å². The fraction of sp³-hybridized carbons (Fsp3) is 1.00. The average molecular weight is 344 g/mol. The van der Waals surface area contributed by atoms with Crippen molar-refractivity contribution in [1.82, 2.24) is 4.90 Å². The van der Waals surface area contributed by atoms with E-state index in [4.69, 9.17) is 0 Å². The molecule has 0 spiro atoms. The number of aliphatic hydroxyl groups excluding tert-OH is 1. The van der Waals surface area contributed by atoms with Crippen molar-refractivity contribution >= 4 is 11.8 Å². The zero-order valence-corrected chi connectivity index (χ0v) is 16.4. The van der Waals surface area contributed by atoms with Crippen LogP contribution >= 0.6 is 11.8 Å². The number of hydrogen-bond acceptors (Lipinski definition) is 3. The molecule has 0 aromatic heterocycles. The summed E-state index contributed by atoms with van der Waals surface area (Å²) in [7, 11) is 0. The minimum Gasteiger partial charge on any atom is -0.391 e. The van der Waals surface area contributed by atoms with Gasteiger partial charge in [-0.05, 0) is 38.1 Å². The fourth-order valence-electron chi connectivity index (χ4n) is 3.40. The first-order valence-electron chi connectivity index (χ1n) is 10.3. The molecule has 3 heteroatoms. The molecule has 0 radical (unpaired) electrons. The molecular weight excluding hydrogens is 302 g/mol. The largest absolute Gasteiger partial charge is 0.391 e. The van der Waals surface area contributed by atoms with Crippen LogP contribution in [0.4, 0.5) is 0 Å². The van der Waals surface area contributed by atoms with E-state index < -0.39 is 0 Å². The topological polar surface area (TPSA) is 23.5 Å². The van der Waals surface area contributed by atoms with Crippen molar-refractivity contribution in [3.8, 4) is 0 Å². The van der Waals surface area contributed by atoms with Crippen molar-refractivity contribution in [1.29, 1.82) is 0 Å². The van der Waals surface area contributed by atoms with Crippen LogP contribution in [0.15, 0.2) is 0 Å². The Morgan fingerprint density at radius 1 is 0.826 bits per heavy atom. The van der Waals surface area contributed by atoms with Gasteiger partial charge in [-0.1, -0.05) is 71.1 Å². The monoisotopic (exact) mass is 343 g/mol. The lowest BCUT2D eigenvalue weighted by Gasteiger charge is -2.28. The summed E-state index contributed by atoms with van der Waals surface area (Å²) in [6.45, 7) is 5.57. The SMILES string of the molecule is CCCCCCCCCCCCSCC(O)CN1CCCCC1. The molecule has 1 atom stereocenters. The Morgan fingerprint density at radius 3 is 2.00 bits per heavy atom. The van der Waals surface area contributed by atoms with Gasteiger partial charge in [-0.2, -0.15) is 11.8 Å². The van der Waals surface area contributed by atoms with Crippen molar-refractivity contribution in [3.05, 3.63) is 0 Å². The number of piperidine rings is 1. The van der Waals surface area contributed by atoms with Crippen LogP contribution in [0, 0.1) is 0 Å². The number of thioether (sulfide) groups is 1. The van der Waals surface area contributed by atoms with E-state index in [9.17, 15) is 5.11 Å². The second kappa shape index (κ2) is 15.8. The third-order valence-electron chi connectivity index (χ3n) is 4.87. The zero-order valence-electron chi connectivity index (χ0n) is 15.6. The third kappa shape index (κ3) is 13.3. The molecule has 0 aromatic carbocycles. The molecule has 1 N–H and O–H groups in total. The fourth-order valence-corrected chi connectivity index (χ4v) is 4.36. The molecule has 23 heavy (non-hydrogen) atoms. The van der Waals surface area contributed by atoms with Gasteiger partial charge in [0.15, 0.2) is 0 Å². The summed E-state index contributed by atoms with van der Waals surface area (Å²) in [6.07, 6.45) is 18.0. The van der Waals surface area contributed by atoms with Gasteiger partial charge >= 0.3 is 0 Å². The molecular formula is C20H41NOS. The van der Waals surface area contributed by atoms with Gasteiger partial charge in [-0.15, -0.1) is 0 Å². The van der Waals surface area contributed by atoms with E-state index >= 15 is 0 Å². The number of aliphatic hydroxyl groups is 1. The summed E-state index contributed by atoms with van der Waals surface area (Å²) in [4.78, 5) is 2.44. The van der Waals surface area contributed by atoms with Gasteiger partial charge in [-0.25, -0.2) is 0 Å². The van der Waals surface area contributed by atoms with Crippen LogP contribution in [0.3, 0.4) is 0 Å². The first kappa shape index (κ1) is 21.3. The van der Waals surface area contributed by atoms with E-state index in [-0.39, 0.29) is 6.10 Å². The maximum atomic E-state index is 10.1. The molecule has 1 saturated heterocycles. The Bertz CT molecular complexity index is 244. The molecule has 1 aliphatic heterocycles.